The van der Waals surface area contributed by atoms with Crippen molar-refractivity contribution in [1.82, 2.24) is 25.5 Å². The zero-order valence-electron chi connectivity index (χ0n) is 15.7. The normalized spacial score (nSPS) is 14.6. The van der Waals surface area contributed by atoms with Gasteiger partial charge in [0.05, 0.1) is 22.9 Å². The molecular weight excluding hydrogens is 378 g/mol. The molecule has 142 valence electrons. The van der Waals surface area contributed by atoms with E-state index in [4.69, 9.17) is 0 Å². The summed E-state index contributed by atoms with van der Waals surface area (Å²) in [5.74, 6) is 0. The molecule has 0 atom stereocenters. The first kappa shape index (κ1) is 16.7. The topological polar surface area (TPSA) is 69.4 Å². The van der Waals surface area contributed by atoms with Crippen molar-refractivity contribution in [2.24, 2.45) is 0 Å². The highest BCUT2D eigenvalue weighted by molar-refractivity contribution is 7.13. The van der Waals surface area contributed by atoms with Crippen LogP contribution >= 0.6 is 11.3 Å². The number of nitrogens with zero attached hydrogens (tertiary/aromatic N) is 2. The van der Waals surface area contributed by atoms with Crippen LogP contribution in [-0.2, 0) is 0 Å². The Morgan fingerprint density at radius 1 is 1.00 bits per heavy atom. The number of rotatable bonds is 3. The van der Waals surface area contributed by atoms with Gasteiger partial charge in [-0.2, -0.15) is 5.10 Å². The molecule has 0 spiro atoms. The maximum absolute atomic E-state index is 4.63. The Morgan fingerprint density at radius 3 is 2.86 bits per heavy atom. The van der Waals surface area contributed by atoms with E-state index in [1.54, 1.807) is 11.3 Å². The summed E-state index contributed by atoms with van der Waals surface area (Å²) in [6.07, 6.45) is 7.17. The lowest BCUT2D eigenvalue weighted by Gasteiger charge is -2.14. The second-order valence-corrected chi connectivity index (χ2v) is 8.27. The third kappa shape index (κ3) is 2.80. The minimum atomic E-state index is 0.937. The molecule has 4 aromatic heterocycles. The molecule has 0 saturated heterocycles. The van der Waals surface area contributed by atoms with Crippen LogP contribution < -0.4 is 5.32 Å². The first-order chi connectivity index (χ1) is 14.4. The van der Waals surface area contributed by atoms with Gasteiger partial charge >= 0.3 is 0 Å². The molecule has 5 aromatic rings. The van der Waals surface area contributed by atoms with Gasteiger partial charge in [-0.3, -0.25) is 10.1 Å². The number of nitrogens with one attached hydrogen (secondary N) is 3. The Labute approximate surface area is 171 Å². The van der Waals surface area contributed by atoms with E-state index in [9.17, 15) is 0 Å². The van der Waals surface area contributed by atoms with Crippen molar-refractivity contribution >= 4 is 38.7 Å². The summed E-state index contributed by atoms with van der Waals surface area (Å²) in [6.45, 7) is 1.97. The highest BCUT2D eigenvalue weighted by Gasteiger charge is 2.15. The first-order valence-corrected chi connectivity index (χ1v) is 10.6. The van der Waals surface area contributed by atoms with E-state index >= 15 is 0 Å². The van der Waals surface area contributed by atoms with Crippen LogP contribution in [0, 0.1) is 0 Å². The van der Waals surface area contributed by atoms with Gasteiger partial charge in [0.2, 0.25) is 0 Å². The van der Waals surface area contributed by atoms with E-state index in [1.807, 2.05) is 12.4 Å². The second kappa shape index (κ2) is 6.69. The molecule has 0 fully saturated rings. The van der Waals surface area contributed by atoms with Crippen LogP contribution in [0.1, 0.15) is 12.0 Å². The number of H-pyrrole nitrogens is 2. The summed E-state index contributed by atoms with van der Waals surface area (Å²) in [5.41, 5.74) is 7.86. The molecule has 0 saturated carbocycles. The van der Waals surface area contributed by atoms with Crippen LogP contribution in [0.2, 0.25) is 0 Å². The number of aromatic nitrogens is 4. The number of thiophene rings is 1. The molecule has 29 heavy (non-hydrogen) atoms. The molecule has 0 bridgehead atoms. The quantitative estimate of drug-likeness (QED) is 0.391. The van der Waals surface area contributed by atoms with Gasteiger partial charge in [-0.25, -0.2) is 0 Å². The lowest BCUT2D eigenvalue weighted by molar-refractivity contribution is 0.739. The number of pyridine rings is 1. The fraction of sp³-hybridized carbons (Fsp3) is 0.130. The van der Waals surface area contributed by atoms with Crippen LogP contribution in [0.3, 0.4) is 0 Å². The van der Waals surface area contributed by atoms with Crippen LogP contribution in [0.5, 0.6) is 0 Å². The third-order valence-electron chi connectivity index (χ3n) is 5.58. The molecule has 6 rings (SSSR count). The second-order valence-electron chi connectivity index (χ2n) is 7.32. The van der Waals surface area contributed by atoms with Crippen molar-refractivity contribution in [3.05, 3.63) is 65.8 Å². The van der Waals surface area contributed by atoms with Crippen LogP contribution in [-0.4, -0.2) is 33.3 Å². The third-order valence-corrected chi connectivity index (χ3v) is 6.49. The summed E-state index contributed by atoms with van der Waals surface area (Å²) in [4.78, 5) is 9.18. The average molecular weight is 398 g/mol. The Morgan fingerprint density at radius 2 is 2.00 bits per heavy atom. The number of aromatic amines is 2. The van der Waals surface area contributed by atoms with E-state index < -0.39 is 0 Å². The molecule has 5 nitrogen and oxygen atoms in total. The van der Waals surface area contributed by atoms with Gasteiger partial charge in [-0.15, -0.1) is 11.3 Å². The van der Waals surface area contributed by atoms with E-state index in [2.05, 4.69) is 73.3 Å². The van der Waals surface area contributed by atoms with Gasteiger partial charge in [0.1, 0.15) is 5.69 Å². The van der Waals surface area contributed by atoms with E-state index in [0.717, 1.165) is 52.9 Å². The molecule has 3 N–H and O–H groups in total. The smallest absolute Gasteiger partial charge is 0.116 e. The highest BCUT2D eigenvalue weighted by atomic mass is 32.1. The molecule has 0 unspecified atom stereocenters. The predicted molar refractivity (Wildman–Crippen MR) is 120 cm³/mol. The Bertz CT molecular complexity index is 1360. The van der Waals surface area contributed by atoms with Crippen molar-refractivity contribution in [2.45, 2.75) is 6.42 Å². The summed E-state index contributed by atoms with van der Waals surface area (Å²) in [6, 6.07) is 13.0. The molecule has 1 aliphatic rings. The van der Waals surface area contributed by atoms with Gasteiger partial charge in [0.15, 0.2) is 0 Å². The predicted octanol–water partition coefficient (Wildman–Crippen LogP) is 5.21. The van der Waals surface area contributed by atoms with E-state index in [1.165, 1.54) is 21.4 Å². The largest absolute Gasteiger partial charge is 0.352 e. The van der Waals surface area contributed by atoms with Crippen LogP contribution in [0.15, 0.2) is 60.2 Å². The summed E-state index contributed by atoms with van der Waals surface area (Å²) < 4.78 is 0. The first-order valence-electron chi connectivity index (χ1n) is 9.76. The van der Waals surface area contributed by atoms with Crippen molar-refractivity contribution < 1.29 is 0 Å². The summed E-state index contributed by atoms with van der Waals surface area (Å²) >= 11 is 1.73. The fourth-order valence-corrected chi connectivity index (χ4v) is 4.86. The summed E-state index contributed by atoms with van der Waals surface area (Å²) in [5, 5.41) is 15.6. The number of hydrogen-bond acceptors (Lipinski definition) is 4. The zero-order chi connectivity index (χ0) is 19.2. The van der Waals surface area contributed by atoms with Gasteiger partial charge < -0.3 is 10.3 Å². The number of hydrogen-bond donors (Lipinski definition) is 3. The maximum Gasteiger partial charge on any atom is 0.116 e. The zero-order valence-corrected chi connectivity index (χ0v) is 16.5. The van der Waals surface area contributed by atoms with Crippen molar-refractivity contribution in [3.8, 4) is 21.8 Å². The van der Waals surface area contributed by atoms with Gasteiger partial charge in [0, 0.05) is 34.0 Å². The van der Waals surface area contributed by atoms with E-state index in [-0.39, 0.29) is 0 Å². The molecule has 0 radical (unpaired) electrons. The van der Waals surface area contributed by atoms with Crippen molar-refractivity contribution in [1.29, 1.82) is 0 Å². The minimum absolute atomic E-state index is 0.937. The summed E-state index contributed by atoms with van der Waals surface area (Å²) in [7, 11) is 0. The van der Waals surface area contributed by atoms with Crippen molar-refractivity contribution in [2.75, 3.05) is 13.1 Å². The van der Waals surface area contributed by atoms with Crippen molar-refractivity contribution in [3.63, 3.8) is 0 Å². The maximum atomic E-state index is 4.63. The molecule has 0 aliphatic carbocycles. The molecule has 1 aromatic carbocycles. The molecule has 5 heterocycles. The molecule has 1 aliphatic heterocycles. The number of benzene rings is 1. The molecule has 0 amide bonds. The van der Waals surface area contributed by atoms with Gasteiger partial charge in [0.25, 0.3) is 0 Å². The monoisotopic (exact) mass is 397 g/mol. The standard InChI is InChI=1S/C23H19N5S/c1-2-22(29-9-1)18-12-25-13-21-16(18)11-20(26-21)23-17-10-15(3-4-19(17)27-28-23)14-5-7-24-8-6-14/h1-5,9-13,24,26H,6-8H2,(H,27,28). The SMILES string of the molecule is C1=C(c2ccc3[nH]nc(-c4cc5c(-c6cccs6)cncc5[nH]4)c3c2)CCNC1. The van der Waals surface area contributed by atoms with Gasteiger partial charge in [-0.1, -0.05) is 18.2 Å². The molecular formula is C23H19N5S. The van der Waals surface area contributed by atoms with E-state index in [0.29, 0.717) is 0 Å². The molecule has 6 heteroatoms. The average Bonchev–Trinajstić information content (AvgIpc) is 3.52. The Balaban J connectivity index is 1.50. The Kier molecular flexibility index (Phi) is 3.85. The minimum Gasteiger partial charge on any atom is -0.352 e. The number of fused-ring (bicyclic) bond motifs is 2. The lowest BCUT2D eigenvalue weighted by atomic mass is 9.98. The highest BCUT2D eigenvalue weighted by Crippen LogP contribution is 2.35. The Hall–Kier alpha value is -3.22. The van der Waals surface area contributed by atoms with Crippen LogP contribution in [0.25, 0.3) is 49.2 Å². The fourth-order valence-electron chi connectivity index (χ4n) is 4.11. The lowest BCUT2D eigenvalue weighted by Crippen LogP contribution is -2.19. The van der Waals surface area contributed by atoms with Crippen LogP contribution in [0.4, 0.5) is 0 Å². The van der Waals surface area contributed by atoms with Gasteiger partial charge in [-0.05, 0) is 53.7 Å².